The van der Waals surface area contributed by atoms with Crippen molar-refractivity contribution in [2.24, 2.45) is 0 Å². The fourth-order valence-corrected chi connectivity index (χ4v) is 3.01. The Balaban J connectivity index is 1.93. The molecular weight excluding hydrogens is 352 g/mol. The van der Waals surface area contributed by atoms with Crippen molar-refractivity contribution >= 4 is 23.2 Å². The van der Waals surface area contributed by atoms with Gasteiger partial charge >= 0.3 is 0 Å². The number of carbonyl (C=O) groups excluding carboxylic acids is 2. The molecule has 0 aliphatic carbocycles. The summed E-state index contributed by atoms with van der Waals surface area (Å²) in [6.45, 7) is 6.70. The average Bonchev–Trinajstić information content (AvgIpc) is 3.16. The monoisotopic (exact) mass is 376 g/mol. The number of hydrogen-bond acceptors (Lipinski definition) is 5. The summed E-state index contributed by atoms with van der Waals surface area (Å²) < 4.78 is 11.2. The second kappa shape index (κ2) is 9.82. The fourth-order valence-electron chi connectivity index (χ4n) is 2.37. The van der Waals surface area contributed by atoms with Crippen molar-refractivity contribution < 1.29 is 19.1 Å². The SMILES string of the molecule is CCOc1ccc(C(C)NC(=O)CNC(=O)c2cccs2)cc1OCC. The minimum atomic E-state index is -0.255. The lowest BCUT2D eigenvalue weighted by atomic mass is 10.1. The summed E-state index contributed by atoms with van der Waals surface area (Å²) in [6.07, 6.45) is 0. The van der Waals surface area contributed by atoms with Gasteiger partial charge in [-0.2, -0.15) is 0 Å². The third-order valence-corrected chi connectivity index (χ3v) is 4.47. The van der Waals surface area contributed by atoms with Gasteiger partial charge < -0.3 is 20.1 Å². The van der Waals surface area contributed by atoms with E-state index in [9.17, 15) is 9.59 Å². The van der Waals surface area contributed by atoms with Crippen LogP contribution in [0.1, 0.15) is 42.0 Å². The lowest BCUT2D eigenvalue weighted by molar-refractivity contribution is -0.120. The van der Waals surface area contributed by atoms with Crippen molar-refractivity contribution in [3.8, 4) is 11.5 Å². The van der Waals surface area contributed by atoms with Gasteiger partial charge in [0.25, 0.3) is 5.91 Å². The van der Waals surface area contributed by atoms with E-state index in [-0.39, 0.29) is 24.4 Å². The molecular formula is C19H24N2O4S. The van der Waals surface area contributed by atoms with E-state index in [0.29, 0.717) is 29.6 Å². The average molecular weight is 376 g/mol. The van der Waals surface area contributed by atoms with E-state index in [1.807, 2.05) is 44.4 Å². The van der Waals surface area contributed by atoms with Crippen molar-refractivity contribution in [3.63, 3.8) is 0 Å². The van der Waals surface area contributed by atoms with Crippen molar-refractivity contribution in [2.75, 3.05) is 19.8 Å². The van der Waals surface area contributed by atoms with E-state index < -0.39 is 0 Å². The Morgan fingerprint density at radius 3 is 2.50 bits per heavy atom. The Bertz CT molecular complexity index is 731. The molecule has 1 aromatic heterocycles. The van der Waals surface area contributed by atoms with Gasteiger partial charge in [-0.1, -0.05) is 12.1 Å². The highest BCUT2D eigenvalue weighted by Crippen LogP contribution is 2.30. The third kappa shape index (κ3) is 5.49. The molecule has 0 radical (unpaired) electrons. The van der Waals surface area contributed by atoms with Gasteiger partial charge in [0.05, 0.1) is 30.7 Å². The molecule has 0 aliphatic heterocycles. The molecule has 7 heteroatoms. The fraction of sp³-hybridized carbons (Fsp3) is 0.368. The smallest absolute Gasteiger partial charge is 0.261 e. The van der Waals surface area contributed by atoms with Crippen molar-refractivity contribution in [2.45, 2.75) is 26.8 Å². The van der Waals surface area contributed by atoms with E-state index in [0.717, 1.165) is 5.56 Å². The molecule has 0 saturated heterocycles. The van der Waals surface area contributed by atoms with Crippen LogP contribution in [0, 0.1) is 0 Å². The zero-order valence-corrected chi connectivity index (χ0v) is 16.0. The Labute approximate surface area is 157 Å². The first-order valence-electron chi connectivity index (χ1n) is 8.55. The minimum Gasteiger partial charge on any atom is -0.490 e. The molecule has 2 N–H and O–H groups in total. The molecule has 0 saturated carbocycles. The summed E-state index contributed by atoms with van der Waals surface area (Å²) >= 11 is 1.34. The first-order chi connectivity index (χ1) is 12.5. The lowest BCUT2D eigenvalue weighted by Crippen LogP contribution is -2.37. The quantitative estimate of drug-likeness (QED) is 0.705. The molecule has 1 heterocycles. The van der Waals surface area contributed by atoms with E-state index in [1.165, 1.54) is 11.3 Å². The van der Waals surface area contributed by atoms with Crippen molar-refractivity contribution in [3.05, 3.63) is 46.2 Å². The van der Waals surface area contributed by atoms with Crippen LogP contribution in [-0.4, -0.2) is 31.6 Å². The number of rotatable bonds is 9. The second-order valence-electron chi connectivity index (χ2n) is 5.52. The van der Waals surface area contributed by atoms with Crippen LogP contribution in [0.2, 0.25) is 0 Å². The van der Waals surface area contributed by atoms with Crippen LogP contribution >= 0.6 is 11.3 Å². The normalized spacial score (nSPS) is 11.5. The summed E-state index contributed by atoms with van der Waals surface area (Å²) in [5, 5.41) is 7.30. The Morgan fingerprint density at radius 1 is 1.12 bits per heavy atom. The third-order valence-electron chi connectivity index (χ3n) is 3.60. The van der Waals surface area contributed by atoms with E-state index in [2.05, 4.69) is 10.6 Å². The Morgan fingerprint density at radius 2 is 1.85 bits per heavy atom. The molecule has 0 fully saturated rings. The highest BCUT2D eigenvalue weighted by Gasteiger charge is 2.14. The maximum atomic E-state index is 12.1. The zero-order valence-electron chi connectivity index (χ0n) is 15.2. The van der Waals surface area contributed by atoms with Gasteiger partial charge in [-0.25, -0.2) is 0 Å². The first kappa shape index (κ1) is 19.8. The molecule has 1 aromatic carbocycles. The standard InChI is InChI=1S/C19H24N2O4S/c1-4-24-15-9-8-14(11-16(15)25-5-2)13(3)21-18(22)12-20-19(23)17-7-6-10-26-17/h6-11,13H,4-5,12H2,1-3H3,(H,20,23)(H,21,22). The predicted octanol–water partition coefficient (Wildman–Crippen LogP) is 3.15. The predicted molar refractivity (Wildman–Crippen MR) is 102 cm³/mol. The van der Waals surface area contributed by atoms with Crippen LogP contribution in [0.15, 0.2) is 35.7 Å². The maximum Gasteiger partial charge on any atom is 0.261 e. The summed E-state index contributed by atoms with van der Waals surface area (Å²) in [5.74, 6) is 0.829. The molecule has 0 spiro atoms. The number of benzene rings is 1. The van der Waals surface area contributed by atoms with Crippen LogP contribution in [0.25, 0.3) is 0 Å². The highest BCUT2D eigenvalue weighted by molar-refractivity contribution is 7.12. The van der Waals surface area contributed by atoms with E-state index in [1.54, 1.807) is 12.1 Å². The van der Waals surface area contributed by atoms with E-state index in [4.69, 9.17) is 9.47 Å². The number of hydrogen-bond donors (Lipinski definition) is 2. The molecule has 6 nitrogen and oxygen atoms in total. The van der Waals surface area contributed by atoms with Crippen molar-refractivity contribution in [1.29, 1.82) is 0 Å². The lowest BCUT2D eigenvalue weighted by Gasteiger charge is -2.17. The van der Waals surface area contributed by atoms with Gasteiger partial charge in [0.15, 0.2) is 11.5 Å². The number of amides is 2. The van der Waals surface area contributed by atoms with Crippen LogP contribution in [-0.2, 0) is 4.79 Å². The minimum absolute atomic E-state index is 0.0730. The van der Waals surface area contributed by atoms with Crippen LogP contribution in [0.5, 0.6) is 11.5 Å². The molecule has 1 unspecified atom stereocenters. The zero-order chi connectivity index (χ0) is 18.9. The van der Waals surface area contributed by atoms with Gasteiger partial charge in [0.2, 0.25) is 5.91 Å². The number of carbonyl (C=O) groups is 2. The van der Waals surface area contributed by atoms with Crippen LogP contribution < -0.4 is 20.1 Å². The Hall–Kier alpha value is -2.54. The molecule has 0 aliphatic rings. The first-order valence-corrected chi connectivity index (χ1v) is 9.43. The summed E-state index contributed by atoms with van der Waals surface area (Å²) in [5.41, 5.74) is 0.898. The van der Waals surface area contributed by atoms with Crippen molar-refractivity contribution in [1.82, 2.24) is 10.6 Å². The van der Waals surface area contributed by atoms with Gasteiger partial charge in [0, 0.05) is 0 Å². The van der Waals surface area contributed by atoms with Gasteiger partial charge in [-0.3, -0.25) is 9.59 Å². The molecule has 0 bridgehead atoms. The molecule has 2 rings (SSSR count). The number of nitrogens with one attached hydrogen (secondary N) is 2. The number of thiophene rings is 1. The summed E-state index contributed by atoms with van der Waals surface area (Å²) in [7, 11) is 0. The summed E-state index contributed by atoms with van der Waals surface area (Å²) in [4.78, 5) is 24.6. The Kier molecular flexibility index (Phi) is 7.47. The van der Waals surface area contributed by atoms with Gasteiger partial charge in [0.1, 0.15) is 0 Å². The van der Waals surface area contributed by atoms with Gasteiger partial charge in [-0.05, 0) is 49.9 Å². The molecule has 140 valence electrons. The molecule has 2 amide bonds. The number of ether oxygens (including phenoxy) is 2. The molecule has 26 heavy (non-hydrogen) atoms. The van der Waals surface area contributed by atoms with Crippen LogP contribution in [0.4, 0.5) is 0 Å². The van der Waals surface area contributed by atoms with Crippen LogP contribution in [0.3, 0.4) is 0 Å². The maximum absolute atomic E-state index is 12.1. The molecule has 1 atom stereocenters. The second-order valence-corrected chi connectivity index (χ2v) is 6.47. The highest BCUT2D eigenvalue weighted by atomic mass is 32.1. The molecule has 2 aromatic rings. The summed E-state index contributed by atoms with van der Waals surface area (Å²) in [6, 6.07) is 8.88. The van der Waals surface area contributed by atoms with Gasteiger partial charge in [-0.15, -0.1) is 11.3 Å². The largest absolute Gasteiger partial charge is 0.490 e. The van der Waals surface area contributed by atoms with E-state index >= 15 is 0 Å². The topological polar surface area (TPSA) is 76.7 Å².